The SMILES string of the molecule is CCNC(C)C.OP(O)(O)=S. The molecule has 0 aromatic rings. The first-order valence-electron chi connectivity index (χ1n) is 3.29. The molecular weight excluding hydrogens is 185 g/mol. The van der Waals surface area contributed by atoms with E-state index in [4.69, 9.17) is 14.7 Å². The lowest BCUT2D eigenvalue weighted by atomic mass is 10.4. The predicted molar refractivity (Wildman–Crippen MR) is 49.8 cm³/mol. The van der Waals surface area contributed by atoms with Crippen molar-refractivity contribution in [2.24, 2.45) is 0 Å². The minimum Gasteiger partial charge on any atom is -0.325 e. The first-order chi connectivity index (χ1) is 4.77. The Hall–Kier alpha value is 0.490. The summed E-state index contributed by atoms with van der Waals surface area (Å²) in [4.78, 5) is 22.7. The second kappa shape index (κ2) is 7.16. The molecule has 6 heteroatoms. The van der Waals surface area contributed by atoms with Gasteiger partial charge in [-0.05, 0) is 18.4 Å². The topological polar surface area (TPSA) is 72.7 Å². The van der Waals surface area contributed by atoms with Crippen molar-refractivity contribution in [3.8, 4) is 0 Å². The lowest BCUT2D eigenvalue weighted by Gasteiger charge is -2.00. The van der Waals surface area contributed by atoms with Crippen LogP contribution in [-0.2, 0) is 11.8 Å². The van der Waals surface area contributed by atoms with Crippen molar-refractivity contribution < 1.29 is 14.7 Å². The molecule has 4 N–H and O–H groups in total. The van der Waals surface area contributed by atoms with Crippen LogP contribution in [0.25, 0.3) is 0 Å². The van der Waals surface area contributed by atoms with Crippen molar-refractivity contribution >= 4 is 18.5 Å². The fourth-order valence-corrected chi connectivity index (χ4v) is 0.408. The van der Waals surface area contributed by atoms with Crippen molar-refractivity contribution in [1.82, 2.24) is 5.32 Å². The summed E-state index contributed by atoms with van der Waals surface area (Å²) >= 11 is 3.60. The van der Waals surface area contributed by atoms with E-state index < -0.39 is 6.72 Å². The molecular formula is C5H16NO3PS. The summed E-state index contributed by atoms with van der Waals surface area (Å²) in [6.45, 7) is 3.67. The Kier molecular flexibility index (Phi) is 9.13. The van der Waals surface area contributed by atoms with E-state index in [2.05, 4.69) is 37.9 Å². The highest BCUT2D eigenvalue weighted by molar-refractivity contribution is 8.06. The Balaban J connectivity index is 0. The molecule has 0 heterocycles. The van der Waals surface area contributed by atoms with Crippen LogP contribution in [0.2, 0.25) is 0 Å². The molecule has 11 heavy (non-hydrogen) atoms. The van der Waals surface area contributed by atoms with Crippen LogP contribution in [0.4, 0.5) is 0 Å². The van der Waals surface area contributed by atoms with Gasteiger partial charge in [-0.25, -0.2) is 0 Å². The van der Waals surface area contributed by atoms with Gasteiger partial charge in [0, 0.05) is 6.04 Å². The third-order valence-corrected chi connectivity index (χ3v) is 0.612. The van der Waals surface area contributed by atoms with Gasteiger partial charge >= 0.3 is 6.72 Å². The summed E-state index contributed by atoms with van der Waals surface area (Å²) in [6.07, 6.45) is 0. The van der Waals surface area contributed by atoms with Gasteiger partial charge in [-0.1, -0.05) is 20.8 Å². The smallest absolute Gasteiger partial charge is 0.319 e. The number of rotatable bonds is 2. The average molecular weight is 201 g/mol. The van der Waals surface area contributed by atoms with Crippen LogP contribution < -0.4 is 5.32 Å². The average Bonchev–Trinajstić information content (AvgIpc) is 1.58. The van der Waals surface area contributed by atoms with Crippen molar-refractivity contribution in [2.45, 2.75) is 26.8 Å². The summed E-state index contributed by atoms with van der Waals surface area (Å²) in [5, 5.41) is 3.21. The fraction of sp³-hybridized carbons (Fsp3) is 1.00. The monoisotopic (exact) mass is 201 g/mol. The molecule has 0 spiro atoms. The van der Waals surface area contributed by atoms with E-state index >= 15 is 0 Å². The van der Waals surface area contributed by atoms with Gasteiger partial charge in [-0.15, -0.1) is 0 Å². The van der Waals surface area contributed by atoms with Crippen molar-refractivity contribution in [1.29, 1.82) is 0 Å². The van der Waals surface area contributed by atoms with Gasteiger partial charge in [-0.3, -0.25) is 0 Å². The second-order valence-corrected chi connectivity index (χ2v) is 4.72. The number of nitrogens with one attached hydrogen (secondary N) is 1. The van der Waals surface area contributed by atoms with E-state index in [9.17, 15) is 0 Å². The second-order valence-electron chi connectivity index (χ2n) is 2.23. The number of hydrogen-bond donors (Lipinski definition) is 4. The van der Waals surface area contributed by atoms with Crippen LogP contribution in [0.15, 0.2) is 0 Å². The Morgan fingerprint density at radius 1 is 1.36 bits per heavy atom. The lowest BCUT2D eigenvalue weighted by molar-refractivity contribution is 0.363. The third kappa shape index (κ3) is 62.1. The molecule has 0 aliphatic carbocycles. The van der Waals surface area contributed by atoms with Crippen LogP contribution in [0.3, 0.4) is 0 Å². The van der Waals surface area contributed by atoms with Gasteiger partial charge < -0.3 is 20.0 Å². The highest BCUT2D eigenvalue weighted by Gasteiger charge is 1.92. The Bertz CT molecular complexity index is 117. The molecule has 0 aliphatic heterocycles. The molecule has 4 nitrogen and oxygen atoms in total. The van der Waals surface area contributed by atoms with Crippen LogP contribution in [0.1, 0.15) is 20.8 Å². The van der Waals surface area contributed by atoms with Crippen LogP contribution >= 0.6 is 6.72 Å². The Morgan fingerprint density at radius 2 is 1.64 bits per heavy atom. The first-order valence-corrected chi connectivity index (χ1v) is 5.95. The van der Waals surface area contributed by atoms with Crippen LogP contribution in [0.5, 0.6) is 0 Å². The highest BCUT2D eigenvalue weighted by Crippen LogP contribution is 2.26. The Labute approximate surface area is 72.5 Å². The molecule has 0 saturated carbocycles. The van der Waals surface area contributed by atoms with E-state index in [0.29, 0.717) is 6.04 Å². The van der Waals surface area contributed by atoms with Gasteiger partial charge in [-0.2, -0.15) is 0 Å². The fourth-order valence-electron chi connectivity index (χ4n) is 0.408. The van der Waals surface area contributed by atoms with Gasteiger partial charge in [0.1, 0.15) is 0 Å². The third-order valence-electron chi connectivity index (χ3n) is 0.612. The van der Waals surface area contributed by atoms with Crippen LogP contribution in [0, 0.1) is 0 Å². The summed E-state index contributed by atoms with van der Waals surface area (Å²) in [5.74, 6) is 0. The quantitative estimate of drug-likeness (QED) is 0.480. The molecule has 0 aromatic heterocycles. The van der Waals surface area contributed by atoms with Crippen LogP contribution in [-0.4, -0.2) is 27.3 Å². The van der Waals surface area contributed by atoms with E-state index in [1.54, 1.807) is 0 Å². The molecule has 0 fully saturated rings. The number of hydrogen-bond acceptors (Lipinski definition) is 2. The van der Waals surface area contributed by atoms with Gasteiger partial charge in [0.25, 0.3) is 0 Å². The standard InChI is InChI=1S/C5H13N.H3O3PS/c1-4-6-5(2)3;1-4(2,3)5/h5-6H,4H2,1-3H3;(H3,1,2,3,5). The zero-order chi connectivity index (χ0) is 9.49. The predicted octanol–water partition coefficient (Wildman–Crippen LogP) is 0.192. The molecule has 0 unspecified atom stereocenters. The molecule has 0 radical (unpaired) electrons. The van der Waals surface area contributed by atoms with E-state index in [-0.39, 0.29) is 0 Å². The summed E-state index contributed by atoms with van der Waals surface area (Å²) in [5.41, 5.74) is 0. The summed E-state index contributed by atoms with van der Waals surface area (Å²) < 4.78 is 0. The zero-order valence-electron chi connectivity index (χ0n) is 6.98. The normalized spacial score (nSPS) is 10.8. The van der Waals surface area contributed by atoms with Crippen molar-refractivity contribution in [3.63, 3.8) is 0 Å². The molecule has 0 aliphatic rings. The largest absolute Gasteiger partial charge is 0.325 e. The van der Waals surface area contributed by atoms with Crippen molar-refractivity contribution in [2.75, 3.05) is 6.54 Å². The lowest BCUT2D eigenvalue weighted by Crippen LogP contribution is -2.21. The van der Waals surface area contributed by atoms with E-state index in [0.717, 1.165) is 6.54 Å². The van der Waals surface area contributed by atoms with Gasteiger partial charge in [0.15, 0.2) is 0 Å². The summed E-state index contributed by atoms with van der Waals surface area (Å²) in [6, 6.07) is 0.648. The minimum absolute atomic E-state index is 0.648. The Morgan fingerprint density at radius 3 is 1.64 bits per heavy atom. The minimum atomic E-state index is -3.81. The first kappa shape index (κ1) is 14.0. The molecule has 0 bridgehead atoms. The van der Waals surface area contributed by atoms with Crippen molar-refractivity contribution in [3.05, 3.63) is 0 Å². The molecule has 0 amide bonds. The highest BCUT2D eigenvalue weighted by atomic mass is 32.5. The molecule has 70 valence electrons. The zero-order valence-corrected chi connectivity index (χ0v) is 8.69. The maximum Gasteiger partial charge on any atom is 0.319 e. The molecule has 0 saturated heterocycles. The van der Waals surface area contributed by atoms with E-state index in [1.807, 2.05) is 0 Å². The molecule has 0 aromatic carbocycles. The molecule has 0 rings (SSSR count). The maximum atomic E-state index is 7.56. The summed E-state index contributed by atoms with van der Waals surface area (Å²) in [7, 11) is 0. The van der Waals surface area contributed by atoms with E-state index in [1.165, 1.54) is 0 Å². The molecule has 0 atom stereocenters. The van der Waals surface area contributed by atoms with Gasteiger partial charge in [0.2, 0.25) is 0 Å². The van der Waals surface area contributed by atoms with Gasteiger partial charge in [0.05, 0.1) is 0 Å². The maximum absolute atomic E-state index is 7.56.